The van der Waals surface area contributed by atoms with Crippen molar-refractivity contribution in [3.8, 4) is 0 Å². The molecule has 0 spiro atoms. The third-order valence-corrected chi connectivity index (χ3v) is 2.74. The van der Waals surface area contributed by atoms with Gasteiger partial charge in [0.1, 0.15) is 11.6 Å². The van der Waals surface area contributed by atoms with Crippen LogP contribution in [0.3, 0.4) is 0 Å². The van der Waals surface area contributed by atoms with Gasteiger partial charge in [0.05, 0.1) is 5.41 Å². The van der Waals surface area contributed by atoms with Crippen molar-refractivity contribution in [3.63, 3.8) is 0 Å². The molecule has 0 aromatic heterocycles. The summed E-state index contributed by atoms with van der Waals surface area (Å²) in [6.07, 6.45) is 0. The topological polar surface area (TPSA) is 32.6 Å². The van der Waals surface area contributed by atoms with Crippen molar-refractivity contribution in [2.24, 2.45) is 5.16 Å². The Kier molecular flexibility index (Phi) is 3.29. The SMILES string of the molecule is CC(C)(/C(Cl)=N/O)c1c(F)cccc1F. The molecule has 0 saturated carbocycles. The van der Waals surface area contributed by atoms with Gasteiger partial charge in [-0.05, 0) is 26.0 Å². The molecule has 0 radical (unpaired) electrons. The van der Waals surface area contributed by atoms with E-state index >= 15 is 0 Å². The normalized spacial score (nSPS) is 13.0. The fourth-order valence-electron chi connectivity index (χ4n) is 1.32. The summed E-state index contributed by atoms with van der Waals surface area (Å²) >= 11 is 5.60. The molecule has 1 aromatic rings. The molecule has 0 aliphatic heterocycles. The number of oxime groups is 1. The van der Waals surface area contributed by atoms with Gasteiger partial charge in [0.15, 0.2) is 5.17 Å². The van der Waals surface area contributed by atoms with Crippen LogP contribution >= 0.6 is 11.6 Å². The molecule has 0 aliphatic carbocycles. The van der Waals surface area contributed by atoms with Gasteiger partial charge in [0.2, 0.25) is 0 Å². The first kappa shape index (κ1) is 11.9. The van der Waals surface area contributed by atoms with Crippen LogP contribution in [0.5, 0.6) is 0 Å². The van der Waals surface area contributed by atoms with Crippen LogP contribution in [0.1, 0.15) is 19.4 Å². The maximum atomic E-state index is 13.4. The Morgan fingerprint density at radius 3 is 2.20 bits per heavy atom. The lowest BCUT2D eigenvalue weighted by molar-refractivity contribution is 0.315. The van der Waals surface area contributed by atoms with Crippen LogP contribution in [0, 0.1) is 11.6 Å². The number of rotatable bonds is 2. The maximum absolute atomic E-state index is 13.4. The predicted octanol–water partition coefficient (Wildman–Crippen LogP) is 3.27. The lowest BCUT2D eigenvalue weighted by atomic mass is 9.85. The molecule has 0 atom stereocenters. The molecule has 15 heavy (non-hydrogen) atoms. The molecule has 5 heteroatoms. The summed E-state index contributed by atoms with van der Waals surface area (Å²) in [5.74, 6) is -1.44. The van der Waals surface area contributed by atoms with E-state index in [-0.39, 0.29) is 10.7 Å². The van der Waals surface area contributed by atoms with Gasteiger partial charge >= 0.3 is 0 Å². The Hall–Kier alpha value is -1.16. The standard InChI is InChI=1S/C10H10ClF2NO/c1-10(2,9(11)14-15)8-6(12)4-3-5-7(8)13/h3-5,15H,1-2H3/b14-9-. The first-order chi connectivity index (χ1) is 6.91. The molecule has 1 rings (SSSR count). The van der Waals surface area contributed by atoms with Crippen LogP contribution in [0.4, 0.5) is 8.78 Å². The molecule has 0 bridgehead atoms. The third kappa shape index (κ3) is 2.09. The van der Waals surface area contributed by atoms with Crippen molar-refractivity contribution in [1.82, 2.24) is 0 Å². The van der Waals surface area contributed by atoms with Crippen LogP contribution in [0.2, 0.25) is 0 Å². The summed E-state index contributed by atoms with van der Waals surface area (Å²) < 4.78 is 26.8. The smallest absolute Gasteiger partial charge is 0.155 e. The van der Waals surface area contributed by atoms with E-state index in [1.54, 1.807) is 0 Å². The highest BCUT2D eigenvalue weighted by molar-refractivity contribution is 6.67. The van der Waals surface area contributed by atoms with Crippen LogP contribution in [0.15, 0.2) is 23.4 Å². The van der Waals surface area contributed by atoms with E-state index in [2.05, 4.69) is 5.16 Å². The molecule has 0 unspecified atom stereocenters. The van der Waals surface area contributed by atoms with Crippen molar-refractivity contribution in [3.05, 3.63) is 35.4 Å². The van der Waals surface area contributed by atoms with E-state index in [9.17, 15) is 8.78 Å². The summed E-state index contributed by atoms with van der Waals surface area (Å²) in [5, 5.41) is 11.0. The Bertz CT molecular complexity index is 384. The van der Waals surface area contributed by atoms with Gasteiger partial charge in [0.25, 0.3) is 0 Å². The zero-order chi connectivity index (χ0) is 11.6. The Balaban J connectivity index is 3.39. The second-order valence-corrected chi connectivity index (χ2v) is 3.97. The molecule has 1 aromatic carbocycles. The van der Waals surface area contributed by atoms with E-state index in [0.717, 1.165) is 12.1 Å². The van der Waals surface area contributed by atoms with E-state index < -0.39 is 17.0 Å². The van der Waals surface area contributed by atoms with Crippen molar-refractivity contribution in [1.29, 1.82) is 0 Å². The molecular weight excluding hydrogens is 224 g/mol. The summed E-state index contributed by atoms with van der Waals surface area (Å²) in [6.45, 7) is 2.94. The predicted molar refractivity (Wildman–Crippen MR) is 54.5 cm³/mol. The van der Waals surface area contributed by atoms with Gasteiger partial charge in [-0.3, -0.25) is 0 Å². The van der Waals surface area contributed by atoms with Crippen molar-refractivity contribution in [2.45, 2.75) is 19.3 Å². The van der Waals surface area contributed by atoms with Gasteiger partial charge in [0, 0.05) is 5.56 Å². The minimum absolute atomic E-state index is 0.215. The molecule has 0 heterocycles. The van der Waals surface area contributed by atoms with E-state index in [4.69, 9.17) is 16.8 Å². The van der Waals surface area contributed by atoms with Gasteiger partial charge in [-0.25, -0.2) is 8.78 Å². The first-order valence-electron chi connectivity index (χ1n) is 4.23. The Morgan fingerprint density at radius 2 is 1.80 bits per heavy atom. The lowest BCUT2D eigenvalue weighted by Crippen LogP contribution is -2.28. The monoisotopic (exact) mass is 233 g/mol. The zero-order valence-electron chi connectivity index (χ0n) is 8.26. The van der Waals surface area contributed by atoms with Gasteiger partial charge in [-0.15, -0.1) is 0 Å². The Morgan fingerprint density at radius 1 is 1.33 bits per heavy atom. The van der Waals surface area contributed by atoms with Crippen molar-refractivity contribution >= 4 is 16.8 Å². The van der Waals surface area contributed by atoms with Crippen molar-refractivity contribution < 1.29 is 14.0 Å². The molecule has 0 aliphatic rings. The lowest BCUT2D eigenvalue weighted by Gasteiger charge is -2.23. The van der Waals surface area contributed by atoms with Gasteiger partial charge in [-0.1, -0.05) is 22.8 Å². The average Bonchev–Trinajstić information content (AvgIpc) is 2.15. The molecule has 0 amide bonds. The second-order valence-electron chi connectivity index (χ2n) is 3.61. The average molecular weight is 234 g/mol. The highest BCUT2D eigenvalue weighted by Crippen LogP contribution is 2.31. The number of hydrogen-bond acceptors (Lipinski definition) is 2. The number of halogens is 3. The van der Waals surface area contributed by atoms with Gasteiger partial charge < -0.3 is 5.21 Å². The summed E-state index contributed by atoms with van der Waals surface area (Å²) in [6, 6.07) is 3.51. The van der Waals surface area contributed by atoms with E-state index in [1.807, 2.05) is 0 Å². The minimum atomic E-state index is -1.20. The largest absolute Gasteiger partial charge is 0.410 e. The fourth-order valence-corrected chi connectivity index (χ4v) is 1.42. The molecule has 1 N–H and O–H groups in total. The molecular formula is C10H10ClF2NO. The van der Waals surface area contributed by atoms with Crippen molar-refractivity contribution in [2.75, 3.05) is 0 Å². The van der Waals surface area contributed by atoms with E-state index in [1.165, 1.54) is 19.9 Å². The van der Waals surface area contributed by atoms with Crippen LogP contribution in [0.25, 0.3) is 0 Å². The molecule has 0 saturated heterocycles. The minimum Gasteiger partial charge on any atom is -0.410 e. The number of hydrogen-bond donors (Lipinski definition) is 1. The quantitative estimate of drug-likeness (QED) is 0.475. The third-order valence-electron chi connectivity index (χ3n) is 2.19. The highest BCUT2D eigenvalue weighted by atomic mass is 35.5. The fraction of sp³-hybridized carbons (Fsp3) is 0.300. The second kappa shape index (κ2) is 4.14. The Labute approximate surface area is 91.2 Å². The number of benzene rings is 1. The van der Waals surface area contributed by atoms with Crippen LogP contribution in [-0.2, 0) is 5.41 Å². The van der Waals surface area contributed by atoms with Crippen LogP contribution in [-0.4, -0.2) is 10.4 Å². The highest BCUT2D eigenvalue weighted by Gasteiger charge is 2.32. The maximum Gasteiger partial charge on any atom is 0.155 e. The zero-order valence-corrected chi connectivity index (χ0v) is 9.02. The summed E-state index contributed by atoms with van der Waals surface area (Å²) in [5.41, 5.74) is -1.42. The molecule has 2 nitrogen and oxygen atoms in total. The first-order valence-corrected chi connectivity index (χ1v) is 4.61. The molecule has 0 fully saturated rings. The summed E-state index contributed by atoms with van der Waals surface area (Å²) in [4.78, 5) is 0. The number of nitrogens with zero attached hydrogens (tertiary/aromatic N) is 1. The summed E-state index contributed by atoms with van der Waals surface area (Å²) in [7, 11) is 0. The van der Waals surface area contributed by atoms with Crippen LogP contribution < -0.4 is 0 Å². The van der Waals surface area contributed by atoms with Gasteiger partial charge in [-0.2, -0.15) is 0 Å². The molecule has 82 valence electrons. The van der Waals surface area contributed by atoms with E-state index in [0.29, 0.717) is 0 Å².